The maximum atomic E-state index is 11.0. The first-order chi connectivity index (χ1) is 9.50. The Morgan fingerprint density at radius 1 is 1.05 bits per heavy atom. The molecule has 4 unspecified atom stereocenters. The summed E-state index contributed by atoms with van der Waals surface area (Å²) in [5.74, 6) is 0.778. The lowest BCUT2D eigenvalue weighted by Crippen LogP contribution is -2.53. The Hall–Kier alpha value is -0.970. The quantitative estimate of drug-likeness (QED) is 0.600. The summed E-state index contributed by atoms with van der Waals surface area (Å²) in [7, 11) is 0. The van der Waals surface area contributed by atoms with E-state index in [2.05, 4.69) is 0 Å². The summed E-state index contributed by atoms with van der Waals surface area (Å²) >= 11 is 0. The average Bonchev–Trinajstić information content (AvgIpc) is 2.43. The summed E-state index contributed by atoms with van der Waals surface area (Å²) in [6.45, 7) is 0. The molecule has 2 aliphatic carbocycles. The second-order valence-corrected chi connectivity index (χ2v) is 6.48. The van der Waals surface area contributed by atoms with Crippen molar-refractivity contribution < 1.29 is 15.3 Å². The first kappa shape index (κ1) is 16.4. The van der Waals surface area contributed by atoms with Gasteiger partial charge in [0.25, 0.3) is 0 Å². The van der Waals surface area contributed by atoms with Gasteiger partial charge in [-0.2, -0.15) is 0 Å². The third kappa shape index (κ3) is 2.85. The Morgan fingerprint density at radius 2 is 1.71 bits per heavy atom. The number of phenolic OH excluding ortho intramolecular Hbond substituents is 2. The summed E-state index contributed by atoms with van der Waals surface area (Å²) in [4.78, 5) is 0. The molecule has 0 spiro atoms. The molecule has 1 aromatic rings. The van der Waals surface area contributed by atoms with Crippen LogP contribution in [0.25, 0.3) is 0 Å². The number of aliphatic hydroxyl groups is 1. The van der Waals surface area contributed by atoms with Gasteiger partial charge in [-0.3, -0.25) is 0 Å². The maximum absolute atomic E-state index is 11.0. The van der Waals surface area contributed by atoms with E-state index in [-0.39, 0.29) is 29.9 Å². The molecule has 4 nitrogen and oxygen atoms in total. The number of halogens is 1. The van der Waals surface area contributed by atoms with Crippen molar-refractivity contribution in [1.82, 2.24) is 0 Å². The van der Waals surface area contributed by atoms with E-state index in [1.165, 1.54) is 31.4 Å². The molecule has 0 heterocycles. The van der Waals surface area contributed by atoms with Gasteiger partial charge in [0.05, 0.1) is 0 Å². The van der Waals surface area contributed by atoms with E-state index in [1.54, 1.807) is 6.07 Å². The van der Waals surface area contributed by atoms with Crippen molar-refractivity contribution in [2.24, 2.45) is 17.6 Å². The van der Waals surface area contributed by atoms with E-state index >= 15 is 0 Å². The van der Waals surface area contributed by atoms with Gasteiger partial charge in [-0.1, -0.05) is 31.7 Å². The molecule has 3 rings (SSSR count). The first-order valence-corrected chi connectivity index (χ1v) is 7.51. The van der Waals surface area contributed by atoms with Crippen LogP contribution >= 0.6 is 12.4 Å². The van der Waals surface area contributed by atoms with E-state index in [1.807, 2.05) is 0 Å². The molecule has 1 aromatic carbocycles. The minimum absolute atomic E-state index is 0. The second-order valence-electron chi connectivity index (χ2n) is 6.48. The number of phenols is 2. The zero-order valence-electron chi connectivity index (χ0n) is 12.0. The highest BCUT2D eigenvalue weighted by atomic mass is 35.5. The Labute approximate surface area is 131 Å². The van der Waals surface area contributed by atoms with E-state index < -0.39 is 5.60 Å². The van der Waals surface area contributed by atoms with Gasteiger partial charge in [0.1, 0.15) is 5.60 Å². The third-order valence-corrected chi connectivity index (χ3v) is 5.29. The fourth-order valence-electron chi connectivity index (χ4n) is 4.06. The molecule has 0 aliphatic heterocycles. The number of aromatic hydroxyl groups is 2. The molecule has 21 heavy (non-hydrogen) atoms. The molecule has 5 heteroatoms. The van der Waals surface area contributed by atoms with Gasteiger partial charge in [-0.05, 0) is 42.4 Å². The van der Waals surface area contributed by atoms with Crippen molar-refractivity contribution in [1.29, 1.82) is 0 Å². The second kappa shape index (κ2) is 6.03. The number of hydrogen-bond donors (Lipinski definition) is 4. The van der Waals surface area contributed by atoms with Crippen LogP contribution in [0, 0.1) is 11.8 Å². The predicted octanol–water partition coefficient (Wildman–Crippen LogP) is 2.63. The molecule has 0 saturated heterocycles. The Morgan fingerprint density at radius 3 is 2.38 bits per heavy atom. The maximum Gasteiger partial charge on any atom is 0.157 e. The Balaban J connectivity index is 0.00000161. The predicted molar refractivity (Wildman–Crippen MR) is 83.6 cm³/mol. The fourth-order valence-corrected chi connectivity index (χ4v) is 4.06. The minimum atomic E-state index is -1.09. The monoisotopic (exact) mass is 313 g/mol. The molecule has 2 aliphatic rings. The van der Waals surface area contributed by atoms with Crippen molar-refractivity contribution >= 4 is 12.4 Å². The van der Waals surface area contributed by atoms with Gasteiger partial charge in [0.15, 0.2) is 11.5 Å². The minimum Gasteiger partial charge on any atom is -0.504 e. The molecule has 0 amide bonds. The van der Waals surface area contributed by atoms with E-state index in [0.717, 1.165) is 12.8 Å². The number of fused-ring (bicyclic) bond motifs is 1. The highest BCUT2D eigenvalue weighted by Gasteiger charge is 2.46. The molecular weight excluding hydrogens is 290 g/mol. The molecule has 5 N–H and O–H groups in total. The van der Waals surface area contributed by atoms with Crippen LogP contribution in [-0.4, -0.2) is 21.4 Å². The summed E-state index contributed by atoms with van der Waals surface area (Å²) in [6.07, 6.45) is 6.37. The van der Waals surface area contributed by atoms with Crippen LogP contribution in [-0.2, 0) is 5.60 Å². The molecule has 2 saturated carbocycles. The van der Waals surface area contributed by atoms with Crippen LogP contribution in [0.2, 0.25) is 0 Å². The van der Waals surface area contributed by atoms with Crippen molar-refractivity contribution in [3.05, 3.63) is 23.8 Å². The fraction of sp³-hybridized carbons (Fsp3) is 0.625. The van der Waals surface area contributed by atoms with Gasteiger partial charge in [0.2, 0.25) is 0 Å². The number of hydrogen-bond acceptors (Lipinski definition) is 4. The van der Waals surface area contributed by atoms with Crippen molar-refractivity contribution in [2.75, 3.05) is 0 Å². The number of nitrogens with two attached hydrogens (primary N) is 1. The summed E-state index contributed by atoms with van der Waals surface area (Å²) in [5, 5.41) is 30.1. The topological polar surface area (TPSA) is 86.7 Å². The van der Waals surface area contributed by atoms with Gasteiger partial charge >= 0.3 is 0 Å². The Kier molecular flexibility index (Phi) is 4.71. The highest BCUT2D eigenvalue weighted by molar-refractivity contribution is 5.85. The molecule has 0 aromatic heterocycles. The molecule has 2 fully saturated rings. The lowest BCUT2D eigenvalue weighted by Gasteiger charge is -2.48. The molecule has 4 atom stereocenters. The highest BCUT2D eigenvalue weighted by Crippen LogP contribution is 2.48. The van der Waals surface area contributed by atoms with Gasteiger partial charge in [0, 0.05) is 6.04 Å². The van der Waals surface area contributed by atoms with Crippen molar-refractivity contribution in [3.63, 3.8) is 0 Å². The summed E-state index contributed by atoms with van der Waals surface area (Å²) < 4.78 is 0. The zero-order valence-corrected chi connectivity index (χ0v) is 12.9. The van der Waals surface area contributed by atoms with Crippen LogP contribution in [0.15, 0.2) is 18.2 Å². The lowest BCUT2D eigenvalue weighted by molar-refractivity contribution is -0.0667. The smallest absolute Gasteiger partial charge is 0.157 e. The van der Waals surface area contributed by atoms with E-state index in [0.29, 0.717) is 23.8 Å². The van der Waals surface area contributed by atoms with Crippen LogP contribution < -0.4 is 5.73 Å². The zero-order chi connectivity index (χ0) is 14.3. The number of rotatable bonds is 1. The summed E-state index contributed by atoms with van der Waals surface area (Å²) in [6, 6.07) is 4.21. The van der Waals surface area contributed by atoms with Gasteiger partial charge in [-0.15, -0.1) is 12.4 Å². The van der Waals surface area contributed by atoms with Crippen molar-refractivity contribution in [3.8, 4) is 11.5 Å². The van der Waals surface area contributed by atoms with Crippen LogP contribution in [0.4, 0.5) is 0 Å². The SMILES string of the molecule is Cl.NC1CC2CCCCC2CC1(O)c1ccc(O)c(O)c1. The molecular formula is C16H24ClNO3. The largest absolute Gasteiger partial charge is 0.504 e. The van der Waals surface area contributed by atoms with Gasteiger partial charge < -0.3 is 21.1 Å². The van der Waals surface area contributed by atoms with Crippen LogP contribution in [0.5, 0.6) is 11.5 Å². The lowest BCUT2D eigenvalue weighted by atomic mass is 9.62. The molecule has 0 radical (unpaired) electrons. The molecule has 0 bridgehead atoms. The Bertz CT molecular complexity index is 510. The van der Waals surface area contributed by atoms with Gasteiger partial charge in [-0.25, -0.2) is 0 Å². The summed E-state index contributed by atoms with van der Waals surface area (Å²) in [5.41, 5.74) is 5.77. The number of benzene rings is 1. The third-order valence-electron chi connectivity index (χ3n) is 5.29. The average molecular weight is 314 g/mol. The van der Waals surface area contributed by atoms with E-state index in [4.69, 9.17) is 5.73 Å². The van der Waals surface area contributed by atoms with Crippen molar-refractivity contribution in [2.45, 2.75) is 50.2 Å². The standard InChI is InChI=1S/C16H23NO3.ClH/c17-15-7-10-3-1-2-4-11(10)9-16(15,20)12-5-6-13(18)14(19)8-12;/h5-6,8,10-11,15,18-20H,1-4,7,9,17H2;1H. The van der Waals surface area contributed by atoms with Crippen LogP contribution in [0.1, 0.15) is 44.1 Å². The first-order valence-electron chi connectivity index (χ1n) is 7.51. The van der Waals surface area contributed by atoms with E-state index in [9.17, 15) is 15.3 Å². The normalized spacial score (nSPS) is 35.6. The molecule has 118 valence electrons. The van der Waals surface area contributed by atoms with Crippen LogP contribution in [0.3, 0.4) is 0 Å².